The van der Waals surface area contributed by atoms with Crippen LogP contribution >= 0.6 is 0 Å². The maximum atomic E-state index is 8.87. The molecule has 4 N–H and O–H groups in total. The highest BCUT2D eigenvalue weighted by Gasteiger charge is 2.16. The van der Waals surface area contributed by atoms with Crippen molar-refractivity contribution < 1.29 is 10.0 Å². The van der Waals surface area contributed by atoms with Gasteiger partial charge in [0.15, 0.2) is 0 Å². The summed E-state index contributed by atoms with van der Waals surface area (Å²) in [6.07, 6.45) is 6.23. The van der Waals surface area contributed by atoms with Crippen molar-refractivity contribution in [2.45, 2.75) is 0 Å². The van der Waals surface area contributed by atoms with Crippen LogP contribution in [0.3, 0.4) is 0 Å². The molecule has 68 valence electrons. The van der Waals surface area contributed by atoms with Crippen LogP contribution in [0.4, 0.5) is 0 Å². The van der Waals surface area contributed by atoms with E-state index >= 15 is 0 Å². The third-order valence-electron chi connectivity index (χ3n) is 1.67. The Morgan fingerprint density at radius 2 is 2.15 bits per heavy atom. The van der Waals surface area contributed by atoms with Gasteiger partial charge < -0.3 is 20.8 Å². The number of nitrogens with one attached hydrogen (secondary N) is 2. The van der Waals surface area contributed by atoms with Gasteiger partial charge in [-0.2, -0.15) is 0 Å². The van der Waals surface area contributed by atoms with Gasteiger partial charge in [0.25, 0.3) is 0 Å². The molecule has 0 aromatic rings. The predicted octanol–water partition coefficient (Wildman–Crippen LogP) is -0.382. The van der Waals surface area contributed by atoms with E-state index in [0.29, 0.717) is 16.8 Å². The fourth-order valence-corrected chi connectivity index (χ4v) is 1.02. The fourth-order valence-electron chi connectivity index (χ4n) is 1.02. The van der Waals surface area contributed by atoms with Crippen molar-refractivity contribution in [1.29, 1.82) is 5.41 Å². The summed E-state index contributed by atoms with van der Waals surface area (Å²) < 4.78 is 0. The molecule has 0 atom stereocenters. The van der Waals surface area contributed by atoms with Crippen LogP contribution in [0.15, 0.2) is 35.5 Å². The largest absolute Gasteiger partial charge is 0.488 e. The van der Waals surface area contributed by atoms with Crippen LogP contribution in [0.5, 0.6) is 0 Å². The topological polar surface area (TPSA) is 76.3 Å². The summed E-state index contributed by atoms with van der Waals surface area (Å²) in [6.45, 7) is 0. The Balaban J connectivity index is 2.93. The molecule has 0 fully saturated rings. The van der Waals surface area contributed by atoms with E-state index in [4.69, 9.17) is 15.5 Å². The molecule has 0 spiro atoms. The molecule has 0 aromatic carbocycles. The number of hydrogen-bond acceptors (Lipinski definition) is 4. The molecule has 0 heterocycles. The predicted molar refractivity (Wildman–Crippen MR) is 52.3 cm³/mol. The monoisotopic (exact) mass is 178 g/mol. The molecule has 1 rings (SSSR count). The summed E-state index contributed by atoms with van der Waals surface area (Å²) in [4.78, 5) is 0. The van der Waals surface area contributed by atoms with Crippen LogP contribution in [0.25, 0.3) is 0 Å². The second-order valence-corrected chi connectivity index (χ2v) is 2.65. The standard InChI is InChI=1S/C8H11BN2O2/c1-11-5-6-4-7(9(12)13)2-3-8(6)10/h2-5,10-13H,1H3/b6-5-,10-8?. The van der Waals surface area contributed by atoms with Crippen LogP contribution < -0.4 is 5.32 Å². The van der Waals surface area contributed by atoms with Gasteiger partial charge in [-0.25, -0.2) is 0 Å². The van der Waals surface area contributed by atoms with E-state index in [9.17, 15) is 0 Å². The minimum absolute atomic E-state index is 0.346. The quantitative estimate of drug-likeness (QED) is 0.435. The zero-order chi connectivity index (χ0) is 9.84. The molecule has 0 radical (unpaired) electrons. The van der Waals surface area contributed by atoms with E-state index in [1.165, 1.54) is 12.2 Å². The van der Waals surface area contributed by atoms with Crippen LogP contribution in [0.2, 0.25) is 0 Å². The highest BCUT2D eigenvalue weighted by Crippen LogP contribution is 2.13. The smallest absolute Gasteiger partial charge is 0.423 e. The van der Waals surface area contributed by atoms with Crippen molar-refractivity contribution in [3.63, 3.8) is 0 Å². The highest BCUT2D eigenvalue weighted by molar-refractivity contribution is 6.52. The minimum atomic E-state index is -1.48. The third-order valence-corrected chi connectivity index (χ3v) is 1.67. The van der Waals surface area contributed by atoms with Gasteiger partial charge in [-0.05, 0) is 11.5 Å². The molecule has 4 nitrogen and oxygen atoms in total. The van der Waals surface area contributed by atoms with Crippen LogP contribution in [-0.4, -0.2) is 29.9 Å². The lowest BCUT2D eigenvalue weighted by molar-refractivity contribution is 0.420. The summed E-state index contributed by atoms with van der Waals surface area (Å²) >= 11 is 0. The first kappa shape index (κ1) is 9.76. The van der Waals surface area contributed by atoms with Crippen molar-refractivity contribution >= 4 is 12.8 Å². The summed E-state index contributed by atoms with van der Waals surface area (Å²) in [5.74, 6) is 0. The Hall–Kier alpha value is -1.33. The Kier molecular flexibility index (Phi) is 3.05. The first-order valence-corrected chi connectivity index (χ1v) is 3.87. The van der Waals surface area contributed by atoms with Gasteiger partial charge in [-0.3, -0.25) is 0 Å². The number of allylic oxidation sites excluding steroid dienone is 5. The molecule has 0 aliphatic heterocycles. The summed E-state index contributed by atoms with van der Waals surface area (Å²) in [7, 11) is 0.242. The average Bonchev–Trinajstić information content (AvgIpc) is 2.08. The molecular weight excluding hydrogens is 167 g/mol. The molecule has 0 unspecified atom stereocenters. The van der Waals surface area contributed by atoms with E-state index in [1.807, 2.05) is 0 Å². The van der Waals surface area contributed by atoms with E-state index in [1.54, 1.807) is 19.3 Å². The first-order chi connectivity index (χ1) is 6.15. The molecule has 1 aliphatic carbocycles. The Morgan fingerprint density at radius 1 is 1.46 bits per heavy atom. The normalized spacial score (nSPS) is 18.8. The lowest BCUT2D eigenvalue weighted by Gasteiger charge is -2.09. The summed E-state index contributed by atoms with van der Waals surface area (Å²) in [5.41, 5.74) is 1.37. The maximum Gasteiger partial charge on any atom is 0.488 e. The van der Waals surface area contributed by atoms with Crippen molar-refractivity contribution in [3.8, 4) is 0 Å². The second kappa shape index (κ2) is 4.07. The molecule has 5 heteroatoms. The Morgan fingerprint density at radius 3 is 2.69 bits per heavy atom. The van der Waals surface area contributed by atoms with Gasteiger partial charge in [0.1, 0.15) is 0 Å². The minimum Gasteiger partial charge on any atom is -0.423 e. The van der Waals surface area contributed by atoms with Gasteiger partial charge >= 0.3 is 7.12 Å². The van der Waals surface area contributed by atoms with Gasteiger partial charge in [-0.1, -0.05) is 12.2 Å². The summed E-state index contributed by atoms with van der Waals surface area (Å²) in [6, 6.07) is 0. The lowest BCUT2D eigenvalue weighted by atomic mass is 9.76. The molecule has 13 heavy (non-hydrogen) atoms. The second-order valence-electron chi connectivity index (χ2n) is 2.65. The first-order valence-electron chi connectivity index (χ1n) is 3.87. The van der Waals surface area contributed by atoms with Crippen LogP contribution in [-0.2, 0) is 0 Å². The zero-order valence-electron chi connectivity index (χ0n) is 7.28. The van der Waals surface area contributed by atoms with Gasteiger partial charge in [0, 0.05) is 18.8 Å². The van der Waals surface area contributed by atoms with Crippen molar-refractivity contribution in [2.75, 3.05) is 7.05 Å². The molecular formula is C8H11BN2O2. The third kappa shape index (κ3) is 2.30. The Bertz CT molecular complexity index is 305. The molecule has 0 bridgehead atoms. The molecule has 0 amide bonds. The fraction of sp³-hybridized carbons (Fsp3) is 0.125. The lowest BCUT2D eigenvalue weighted by Crippen LogP contribution is -2.17. The zero-order valence-corrected chi connectivity index (χ0v) is 7.28. The molecule has 0 aromatic heterocycles. The SMILES string of the molecule is CN/C=C1/C=C(B(O)O)C=CC1=N. The van der Waals surface area contributed by atoms with E-state index in [-0.39, 0.29) is 0 Å². The van der Waals surface area contributed by atoms with Crippen molar-refractivity contribution in [3.05, 3.63) is 35.5 Å². The van der Waals surface area contributed by atoms with Crippen LogP contribution in [0, 0.1) is 5.41 Å². The molecule has 0 saturated heterocycles. The van der Waals surface area contributed by atoms with E-state index in [2.05, 4.69) is 5.32 Å². The van der Waals surface area contributed by atoms with Gasteiger partial charge in [0.05, 0.1) is 5.71 Å². The number of rotatable bonds is 2. The molecule has 1 aliphatic rings. The maximum absolute atomic E-state index is 8.87. The molecule has 0 saturated carbocycles. The number of hydrogen-bond donors (Lipinski definition) is 4. The van der Waals surface area contributed by atoms with Gasteiger partial charge in [-0.15, -0.1) is 0 Å². The highest BCUT2D eigenvalue weighted by atomic mass is 16.4. The Labute approximate surface area is 76.9 Å². The van der Waals surface area contributed by atoms with E-state index in [0.717, 1.165) is 0 Å². The summed E-state index contributed by atoms with van der Waals surface area (Å²) in [5, 5.41) is 28.0. The average molecular weight is 178 g/mol. The van der Waals surface area contributed by atoms with Gasteiger partial charge in [0.2, 0.25) is 0 Å². The van der Waals surface area contributed by atoms with E-state index < -0.39 is 7.12 Å². The van der Waals surface area contributed by atoms with Crippen LogP contribution in [0.1, 0.15) is 0 Å². The van der Waals surface area contributed by atoms with Crippen molar-refractivity contribution in [1.82, 2.24) is 5.32 Å². The van der Waals surface area contributed by atoms with Crippen molar-refractivity contribution in [2.24, 2.45) is 0 Å².